The van der Waals surface area contributed by atoms with Gasteiger partial charge >= 0.3 is 0 Å². The molecule has 0 radical (unpaired) electrons. The van der Waals surface area contributed by atoms with Crippen LogP contribution in [-0.2, 0) is 0 Å². The molecule has 0 bridgehead atoms. The van der Waals surface area contributed by atoms with Crippen molar-refractivity contribution in [2.75, 3.05) is 0 Å². The molecule has 0 fully saturated rings. The Bertz CT molecular complexity index is 445. The van der Waals surface area contributed by atoms with E-state index in [1.807, 2.05) is 31.2 Å². The van der Waals surface area contributed by atoms with Crippen molar-refractivity contribution >= 4 is 22.9 Å². The third kappa shape index (κ3) is 2.40. The first-order valence-corrected chi connectivity index (χ1v) is 6.02. The van der Waals surface area contributed by atoms with Crippen molar-refractivity contribution < 1.29 is 0 Å². The molecule has 78 valence electrons. The van der Waals surface area contributed by atoms with E-state index in [-0.39, 0.29) is 6.04 Å². The Hall–Kier alpha value is -0.830. The van der Waals surface area contributed by atoms with Crippen molar-refractivity contribution in [3.05, 3.63) is 46.3 Å². The summed E-state index contributed by atoms with van der Waals surface area (Å²) in [6.07, 6.45) is 0. The Labute approximate surface area is 98.5 Å². The Morgan fingerprint density at radius 3 is 2.47 bits per heavy atom. The Morgan fingerprint density at radius 1 is 1.27 bits per heavy atom. The van der Waals surface area contributed by atoms with Gasteiger partial charge in [-0.3, -0.25) is 0 Å². The summed E-state index contributed by atoms with van der Waals surface area (Å²) in [4.78, 5) is 1.24. The van der Waals surface area contributed by atoms with Gasteiger partial charge in [-0.05, 0) is 41.6 Å². The van der Waals surface area contributed by atoms with Crippen LogP contribution in [0.3, 0.4) is 0 Å². The van der Waals surface area contributed by atoms with Crippen molar-refractivity contribution in [3.63, 3.8) is 0 Å². The third-order valence-corrected chi connectivity index (χ3v) is 3.52. The molecule has 1 nitrogen and oxygen atoms in total. The van der Waals surface area contributed by atoms with E-state index >= 15 is 0 Å². The molecule has 0 saturated heterocycles. The lowest BCUT2D eigenvalue weighted by molar-refractivity contribution is 0.823. The van der Waals surface area contributed by atoms with Crippen LogP contribution in [0.25, 0.3) is 10.4 Å². The van der Waals surface area contributed by atoms with E-state index in [1.54, 1.807) is 11.3 Å². The molecule has 1 atom stereocenters. The van der Waals surface area contributed by atoms with Crippen LogP contribution in [0.4, 0.5) is 0 Å². The monoisotopic (exact) mass is 237 g/mol. The molecule has 2 N–H and O–H groups in total. The second-order valence-electron chi connectivity index (χ2n) is 3.54. The van der Waals surface area contributed by atoms with Gasteiger partial charge in [-0.25, -0.2) is 0 Å². The lowest BCUT2D eigenvalue weighted by Gasteiger charge is -1.99. The summed E-state index contributed by atoms with van der Waals surface area (Å²) >= 11 is 7.55. The molecule has 1 aromatic heterocycles. The first kappa shape index (κ1) is 10.7. The number of halogens is 1. The van der Waals surface area contributed by atoms with Crippen LogP contribution in [-0.4, -0.2) is 0 Å². The molecule has 3 heteroatoms. The van der Waals surface area contributed by atoms with Crippen LogP contribution in [0.1, 0.15) is 18.5 Å². The number of hydrogen-bond acceptors (Lipinski definition) is 2. The first-order chi connectivity index (χ1) is 7.16. The zero-order chi connectivity index (χ0) is 10.8. The highest BCUT2D eigenvalue weighted by Crippen LogP contribution is 2.29. The van der Waals surface area contributed by atoms with Gasteiger partial charge in [-0.1, -0.05) is 23.7 Å². The molecule has 0 aliphatic carbocycles. The molecule has 1 aromatic carbocycles. The summed E-state index contributed by atoms with van der Waals surface area (Å²) in [6, 6.07) is 10.1. The number of benzene rings is 1. The molecule has 0 aliphatic heterocycles. The van der Waals surface area contributed by atoms with Crippen LogP contribution in [0.15, 0.2) is 35.7 Å². The molecule has 0 aliphatic rings. The highest BCUT2D eigenvalue weighted by molar-refractivity contribution is 7.13. The van der Waals surface area contributed by atoms with E-state index in [9.17, 15) is 0 Å². The van der Waals surface area contributed by atoms with Gasteiger partial charge in [0.05, 0.1) is 0 Å². The predicted molar refractivity (Wildman–Crippen MR) is 67.4 cm³/mol. The summed E-state index contributed by atoms with van der Waals surface area (Å²) < 4.78 is 0. The summed E-state index contributed by atoms with van der Waals surface area (Å²) in [5, 5.41) is 2.87. The Kier molecular flexibility index (Phi) is 3.10. The average Bonchev–Trinajstić information content (AvgIpc) is 2.68. The van der Waals surface area contributed by atoms with Crippen molar-refractivity contribution in [2.24, 2.45) is 5.73 Å². The lowest BCUT2D eigenvalue weighted by Crippen LogP contribution is -2.02. The molecule has 15 heavy (non-hydrogen) atoms. The van der Waals surface area contributed by atoms with Crippen LogP contribution in [0.5, 0.6) is 0 Å². The fraction of sp³-hybridized carbons (Fsp3) is 0.167. The molecular weight excluding hydrogens is 226 g/mol. The summed E-state index contributed by atoms with van der Waals surface area (Å²) in [7, 11) is 0. The van der Waals surface area contributed by atoms with Gasteiger partial charge < -0.3 is 5.73 Å². The molecule has 0 saturated carbocycles. The summed E-state index contributed by atoms with van der Waals surface area (Å²) in [5.74, 6) is 0. The van der Waals surface area contributed by atoms with E-state index in [0.29, 0.717) is 0 Å². The standard InChI is InChI=1S/C12H12ClNS/c1-8(14)10-6-12(15-7-10)9-2-4-11(13)5-3-9/h2-8H,14H2,1H3. The second kappa shape index (κ2) is 4.35. The molecule has 0 amide bonds. The normalized spacial score (nSPS) is 12.7. The zero-order valence-corrected chi connectivity index (χ0v) is 9.98. The number of thiophene rings is 1. The highest BCUT2D eigenvalue weighted by Gasteiger charge is 2.05. The van der Waals surface area contributed by atoms with E-state index in [1.165, 1.54) is 16.0 Å². The fourth-order valence-corrected chi connectivity index (χ4v) is 2.50. The van der Waals surface area contributed by atoms with E-state index < -0.39 is 0 Å². The van der Waals surface area contributed by atoms with Gasteiger partial charge in [-0.15, -0.1) is 11.3 Å². The maximum atomic E-state index is 5.84. The predicted octanol–water partition coefficient (Wildman–Crippen LogP) is 4.09. The smallest absolute Gasteiger partial charge is 0.0406 e. The number of nitrogens with two attached hydrogens (primary N) is 1. The minimum atomic E-state index is 0.0994. The van der Waals surface area contributed by atoms with Crippen LogP contribution in [0.2, 0.25) is 5.02 Å². The topological polar surface area (TPSA) is 26.0 Å². The van der Waals surface area contributed by atoms with Gasteiger partial charge in [0.2, 0.25) is 0 Å². The second-order valence-corrected chi connectivity index (χ2v) is 4.89. The molecule has 2 aromatic rings. The highest BCUT2D eigenvalue weighted by atomic mass is 35.5. The van der Waals surface area contributed by atoms with Crippen LogP contribution in [0, 0.1) is 0 Å². The quantitative estimate of drug-likeness (QED) is 0.837. The summed E-state index contributed by atoms with van der Waals surface area (Å²) in [6.45, 7) is 1.99. The van der Waals surface area contributed by atoms with Crippen molar-refractivity contribution in [1.82, 2.24) is 0 Å². The van der Waals surface area contributed by atoms with Gasteiger partial charge in [0.15, 0.2) is 0 Å². The van der Waals surface area contributed by atoms with Crippen molar-refractivity contribution in [1.29, 1.82) is 0 Å². The molecule has 0 spiro atoms. The van der Waals surface area contributed by atoms with Gasteiger partial charge in [0.1, 0.15) is 0 Å². The largest absolute Gasteiger partial charge is 0.324 e. The molecule has 1 unspecified atom stereocenters. The minimum Gasteiger partial charge on any atom is -0.324 e. The average molecular weight is 238 g/mol. The van der Waals surface area contributed by atoms with Gasteiger partial charge in [0, 0.05) is 15.9 Å². The van der Waals surface area contributed by atoms with E-state index in [2.05, 4.69) is 11.4 Å². The Balaban J connectivity index is 2.33. The van der Waals surface area contributed by atoms with Crippen molar-refractivity contribution in [2.45, 2.75) is 13.0 Å². The van der Waals surface area contributed by atoms with E-state index in [0.717, 1.165) is 5.02 Å². The minimum absolute atomic E-state index is 0.0994. The SMILES string of the molecule is CC(N)c1csc(-c2ccc(Cl)cc2)c1. The zero-order valence-electron chi connectivity index (χ0n) is 8.41. The number of rotatable bonds is 2. The maximum Gasteiger partial charge on any atom is 0.0406 e. The van der Waals surface area contributed by atoms with Crippen LogP contribution >= 0.6 is 22.9 Å². The van der Waals surface area contributed by atoms with Gasteiger partial charge in [-0.2, -0.15) is 0 Å². The number of hydrogen-bond donors (Lipinski definition) is 1. The molecule has 2 rings (SSSR count). The van der Waals surface area contributed by atoms with E-state index in [4.69, 9.17) is 17.3 Å². The first-order valence-electron chi connectivity index (χ1n) is 4.77. The van der Waals surface area contributed by atoms with Gasteiger partial charge in [0.25, 0.3) is 0 Å². The molecular formula is C12H12ClNS. The third-order valence-electron chi connectivity index (χ3n) is 2.27. The van der Waals surface area contributed by atoms with Crippen molar-refractivity contribution in [3.8, 4) is 10.4 Å². The Morgan fingerprint density at radius 2 is 1.93 bits per heavy atom. The van der Waals surface area contributed by atoms with Crippen LogP contribution < -0.4 is 5.73 Å². The maximum absolute atomic E-state index is 5.84. The molecule has 1 heterocycles. The lowest BCUT2D eigenvalue weighted by atomic mass is 10.1. The fourth-order valence-electron chi connectivity index (χ4n) is 1.36. The summed E-state index contributed by atoms with van der Waals surface area (Å²) in [5.41, 5.74) is 8.19.